The number of nitrogens with one attached hydrogen (secondary N) is 1. The molecule has 0 spiro atoms. The lowest BCUT2D eigenvalue weighted by Crippen LogP contribution is -2.09. The first-order chi connectivity index (χ1) is 9.17. The molecule has 1 unspecified atom stereocenters. The second-order valence-electron chi connectivity index (χ2n) is 4.33. The molecule has 1 aromatic heterocycles. The van der Waals surface area contributed by atoms with Gasteiger partial charge in [-0.3, -0.25) is 5.10 Å². The topological polar surface area (TPSA) is 73.2 Å². The second kappa shape index (κ2) is 5.75. The Morgan fingerprint density at radius 3 is 2.63 bits per heavy atom. The van der Waals surface area contributed by atoms with Crippen LogP contribution in [0.4, 0.5) is 0 Å². The van der Waals surface area contributed by atoms with Crippen LogP contribution < -0.4 is 15.2 Å². The molecule has 0 saturated heterocycles. The fourth-order valence-electron chi connectivity index (χ4n) is 2.03. The highest BCUT2D eigenvalue weighted by Gasteiger charge is 2.18. The highest BCUT2D eigenvalue weighted by molar-refractivity contribution is 5.40. The van der Waals surface area contributed by atoms with Crippen LogP contribution in [0.3, 0.4) is 0 Å². The van der Waals surface area contributed by atoms with Crippen molar-refractivity contribution in [2.45, 2.75) is 26.5 Å². The number of hydrogen-bond acceptors (Lipinski definition) is 4. The number of aromatic nitrogens is 2. The fraction of sp³-hybridized carbons (Fsp3) is 0.357. The number of ether oxygens (including phenoxy) is 2. The molecule has 5 nitrogen and oxygen atoms in total. The Kier molecular flexibility index (Phi) is 4.06. The predicted octanol–water partition coefficient (Wildman–Crippen LogP) is 2.33. The number of nitrogens with zero attached hydrogens (tertiary/aromatic N) is 1. The molecule has 102 valence electrons. The van der Waals surface area contributed by atoms with Crippen molar-refractivity contribution in [2.75, 3.05) is 7.11 Å². The molecule has 1 heterocycles. The molecule has 0 bridgehead atoms. The lowest BCUT2D eigenvalue weighted by atomic mass is 10.1. The van der Waals surface area contributed by atoms with Crippen LogP contribution in [-0.2, 0) is 6.54 Å². The predicted molar refractivity (Wildman–Crippen MR) is 73.3 cm³/mol. The summed E-state index contributed by atoms with van der Waals surface area (Å²) in [6.45, 7) is 4.34. The average molecular weight is 261 g/mol. The minimum absolute atomic E-state index is 0.195. The SMILES string of the molecule is COc1ccccc1OC(C)c1n[nH]c(C)c1CN. The quantitative estimate of drug-likeness (QED) is 0.866. The first-order valence-electron chi connectivity index (χ1n) is 6.20. The van der Waals surface area contributed by atoms with Crippen molar-refractivity contribution < 1.29 is 9.47 Å². The molecule has 3 N–H and O–H groups in total. The van der Waals surface area contributed by atoms with Crippen molar-refractivity contribution in [2.24, 2.45) is 5.73 Å². The van der Waals surface area contributed by atoms with E-state index in [4.69, 9.17) is 15.2 Å². The molecule has 1 atom stereocenters. The summed E-state index contributed by atoms with van der Waals surface area (Å²) in [5.74, 6) is 1.40. The molecule has 0 saturated carbocycles. The molecule has 5 heteroatoms. The smallest absolute Gasteiger partial charge is 0.162 e. The molecular weight excluding hydrogens is 242 g/mol. The fourth-order valence-corrected chi connectivity index (χ4v) is 2.03. The van der Waals surface area contributed by atoms with Crippen LogP contribution in [0.2, 0.25) is 0 Å². The first-order valence-corrected chi connectivity index (χ1v) is 6.20. The van der Waals surface area contributed by atoms with E-state index in [1.165, 1.54) is 0 Å². The molecule has 0 aliphatic rings. The van der Waals surface area contributed by atoms with E-state index in [0.29, 0.717) is 18.0 Å². The van der Waals surface area contributed by atoms with E-state index in [0.717, 1.165) is 17.0 Å². The molecule has 0 amide bonds. The maximum atomic E-state index is 5.92. The number of H-pyrrole nitrogens is 1. The Balaban J connectivity index is 2.23. The number of para-hydroxylation sites is 2. The monoisotopic (exact) mass is 261 g/mol. The first kappa shape index (κ1) is 13.4. The molecule has 0 radical (unpaired) electrons. The maximum Gasteiger partial charge on any atom is 0.162 e. The van der Waals surface area contributed by atoms with Gasteiger partial charge in [0.25, 0.3) is 0 Å². The van der Waals surface area contributed by atoms with Crippen LogP contribution in [0.15, 0.2) is 24.3 Å². The van der Waals surface area contributed by atoms with Crippen LogP contribution in [0, 0.1) is 6.92 Å². The van der Waals surface area contributed by atoms with E-state index in [-0.39, 0.29) is 6.10 Å². The largest absolute Gasteiger partial charge is 0.493 e. The molecular formula is C14H19N3O2. The van der Waals surface area contributed by atoms with Crippen molar-refractivity contribution in [3.63, 3.8) is 0 Å². The minimum atomic E-state index is -0.195. The number of aryl methyl sites for hydroxylation is 1. The summed E-state index contributed by atoms with van der Waals surface area (Å²) in [6, 6.07) is 7.54. The molecule has 0 fully saturated rings. The van der Waals surface area contributed by atoms with Crippen molar-refractivity contribution in [1.82, 2.24) is 10.2 Å². The Hall–Kier alpha value is -2.01. The van der Waals surface area contributed by atoms with Crippen molar-refractivity contribution in [3.8, 4) is 11.5 Å². The van der Waals surface area contributed by atoms with Gasteiger partial charge in [0.15, 0.2) is 11.5 Å². The van der Waals surface area contributed by atoms with Crippen LogP contribution in [-0.4, -0.2) is 17.3 Å². The summed E-state index contributed by atoms with van der Waals surface area (Å²) in [5, 5.41) is 7.21. The molecule has 0 aliphatic heterocycles. The Morgan fingerprint density at radius 1 is 1.32 bits per heavy atom. The van der Waals surface area contributed by atoms with E-state index in [1.54, 1.807) is 7.11 Å². The van der Waals surface area contributed by atoms with Gasteiger partial charge in [-0.2, -0.15) is 5.10 Å². The summed E-state index contributed by atoms with van der Waals surface area (Å²) < 4.78 is 11.2. The van der Waals surface area contributed by atoms with Crippen molar-refractivity contribution in [3.05, 3.63) is 41.2 Å². The van der Waals surface area contributed by atoms with Gasteiger partial charge in [-0.25, -0.2) is 0 Å². The lowest BCUT2D eigenvalue weighted by Gasteiger charge is -2.16. The van der Waals surface area contributed by atoms with Gasteiger partial charge in [0.2, 0.25) is 0 Å². The number of aromatic amines is 1. The Bertz CT molecular complexity index is 551. The number of methoxy groups -OCH3 is 1. The van der Waals surface area contributed by atoms with Gasteiger partial charge in [-0.15, -0.1) is 0 Å². The highest BCUT2D eigenvalue weighted by Crippen LogP contribution is 2.31. The zero-order chi connectivity index (χ0) is 13.8. The summed E-state index contributed by atoms with van der Waals surface area (Å²) in [5.41, 5.74) is 8.56. The van der Waals surface area contributed by atoms with Gasteiger partial charge in [0.05, 0.1) is 7.11 Å². The van der Waals surface area contributed by atoms with E-state index in [2.05, 4.69) is 10.2 Å². The number of nitrogens with two attached hydrogens (primary N) is 1. The molecule has 0 aliphatic carbocycles. The summed E-state index contributed by atoms with van der Waals surface area (Å²) in [7, 11) is 1.62. The highest BCUT2D eigenvalue weighted by atomic mass is 16.5. The van der Waals surface area contributed by atoms with Crippen LogP contribution >= 0.6 is 0 Å². The summed E-state index contributed by atoms with van der Waals surface area (Å²) >= 11 is 0. The maximum absolute atomic E-state index is 5.92. The zero-order valence-corrected chi connectivity index (χ0v) is 11.4. The Morgan fingerprint density at radius 2 is 2.00 bits per heavy atom. The van der Waals surface area contributed by atoms with Crippen LogP contribution in [0.25, 0.3) is 0 Å². The number of hydrogen-bond donors (Lipinski definition) is 2. The van der Waals surface area contributed by atoms with Crippen molar-refractivity contribution >= 4 is 0 Å². The number of benzene rings is 1. The van der Waals surface area contributed by atoms with Gasteiger partial charge in [0, 0.05) is 17.8 Å². The van der Waals surface area contributed by atoms with Crippen LogP contribution in [0.5, 0.6) is 11.5 Å². The third kappa shape index (κ3) is 2.71. The van der Waals surface area contributed by atoms with E-state index in [1.807, 2.05) is 38.1 Å². The van der Waals surface area contributed by atoms with E-state index < -0.39 is 0 Å². The molecule has 2 aromatic rings. The number of rotatable bonds is 5. The third-order valence-electron chi connectivity index (χ3n) is 3.07. The van der Waals surface area contributed by atoms with Gasteiger partial charge < -0.3 is 15.2 Å². The van der Waals surface area contributed by atoms with E-state index in [9.17, 15) is 0 Å². The Labute approximate surface area is 112 Å². The molecule has 2 rings (SSSR count). The standard InChI is InChI=1S/C14H19N3O2/c1-9-11(8-15)14(17-16-9)10(2)19-13-7-5-4-6-12(13)18-3/h4-7,10H,8,15H2,1-3H3,(H,16,17). The van der Waals surface area contributed by atoms with Gasteiger partial charge in [-0.05, 0) is 26.0 Å². The van der Waals surface area contributed by atoms with Gasteiger partial charge >= 0.3 is 0 Å². The zero-order valence-electron chi connectivity index (χ0n) is 11.4. The molecule has 1 aromatic carbocycles. The van der Waals surface area contributed by atoms with Crippen LogP contribution in [0.1, 0.15) is 30.0 Å². The molecule has 19 heavy (non-hydrogen) atoms. The normalized spacial score (nSPS) is 12.2. The second-order valence-corrected chi connectivity index (χ2v) is 4.33. The van der Waals surface area contributed by atoms with E-state index >= 15 is 0 Å². The van der Waals surface area contributed by atoms with Crippen molar-refractivity contribution in [1.29, 1.82) is 0 Å². The summed E-state index contributed by atoms with van der Waals surface area (Å²) in [6.07, 6.45) is -0.195. The van der Waals surface area contributed by atoms with Gasteiger partial charge in [0.1, 0.15) is 11.8 Å². The third-order valence-corrected chi connectivity index (χ3v) is 3.07. The summed E-state index contributed by atoms with van der Waals surface area (Å²) in [4.78, 5) is 0. The lowest BCUT2D eigenvalue weighted by molar-refractivity contribution is 0.210. The van der Waals surface area contributed by atoms with Gasteiger partial charge in [-0.1, -0.05) is 12.1 Å². The average Bonchev–Trinajstić information content (AvgIpc) is 2.80. The minimum Gasteiger partial charge on any atom is -0.493 e.